The van der Waals surface area contributed by atoms with Crippen LogP contribution in [0, 0.1) is 0 Å². The van der Waals surface area contributed by atoms with Gasteiger partial charge in [0.15, 0.2) is 0 Å². The van der Waals surface area contributed by atoms with E-state index in [1.54, 1.807) is 0 Å². The topological polar surface area (TPSA) is 131 Å². The fourth-order valence-corrected chi connectivity index (χ4v) is 4.76. The summed E-state index contributed by atoms with van der Waals surface area (Å²) in [7, 11) is -4.39. The smallest absolute Gasteiger partial charge is 0.463 e. The Balaban J connectivity index is 3.68. The van der Waals surface area contributed by atoms with E-state index in [0.29, 0.717) is 6.42 Å². The number of ether oxygens (including phenoxy) is 1. The molecule has 0 aromatic heterocycles. The maximum atomic E-state index is 11.9. The molecular weight excluding hydrogens is 533 g/mol. The average Bonchev–Trinajstić information content (AvgIpc) is 2.93. The molecule has 40 heavy (non-hydrogen) atoms. The minimum Gasteiger partial charge on any atom is -0.463 e. The number of hydrogen-bond acceptors (Lipinski definition) is 7. The summed E-state index contributed by atoms with van der Waals surface area (Å²) in [6.07, 6.45) is 23.0. The van der Waals surface area contributed by atoms with Crippen LogP contribution in [-0.4, -0.2) is 54.3 Å². The molecule has 2 unspecified atom stereocenters. The van der Waals surface area contributed by atoms with E-state index in [1.807, 2.05) is 0 Å². The molecule has 0 saturated heterocycles. The minimum atomic E-state index is -4.39. The van der Waals surface area contributed by atoms with Crippen molar-refractivity contribution in [2.75, 3.05) is 26.4 Å². The molecule has 0 aromatic rings. The van der Waals surface area contributed by atoms with E-state index in [9.17, 15) is 24.2 Å². The Morgan fingerprint density at radius 3 is 1.95 bits per heavy atom. The summed E-state index contributed by atoms with van der Waals surface area (Å²) in [5, 5.41) is 12.5. The monoisotopic (exact) mass is 591 g/mol. The van der Waals surface area contributed by atoms with Crippen molar-refractivity contribution in [2.45, 2.75) is 142 Å². The standard InChI is InChI=1S/C30H58NO8P/c1-3-5-7-9-11-13-14-15-16-18-20-22-29(33)31-24-25-38-40(35,36)39-27-28(32)26-37-30(34)23-21-19-17-12-10-8-6-4-2/h9,11,28,32H,3-8,10,12-27H2,1-2H3,(H,31,33)(H,35,36)/b11-9-. The van der Waals surface area contributed by atoms with Crippen LogP contribution in [0.1, 0.15) is 136 Å². The Kier molecular flexibility index (Phi) is 27.0. The zero-order valence-electron chi connectivity index (χ0n) is 25.3. The quantitative estimate of drug-likeness (QED) is 0.0362. The van der Waals surface area contributed by atoms with Crippen molar-refractivity contribution < 1.29 is 37.9 Å². The van der Waals surface area contributed by atoms with Crippen LogP contribution in [0.4, 0.5) is 0 Å². The molecule has 1 amide bonds. The number of carbonyl (C=O) groups excluding carboxylic acids is 2. The van der Waals surface area contributed by atoms with Crippen molar-refractivity contribution in [3.63, 3.8) is 0 Å². The van der Waals surface area contributed by atoms with E-state index >= 15 is 0 Å². The lowest BCUT2D eigenvalue weighted by molar-refractivity contribution is -0.147. The van der Waals surface area contributed by atoms with Crippen molar-refractivity contribution >= 4 is 19.7 Å². The molecule has 0 aliphatic heterocycles. The van der Waals surface area contributed by atoms with Crippen LogP contribution in [0.5, 0.6) is 0 Å². The van der Waals surface area contributed by atoms with Crippen LogP contribution in [0.15, 0.2) is 12.2 Å². The summed E-state index contributed by atoms with van der Waals surface area (Å²) in [5.74, 6) is -0.532. The highest BCUT2D eigenvalue weighted by Crippen LogP contribution is 2.42. The number of hydrogen-bond donors (Lipinski definition) is 3. The molecule has 0 aliphatic rings. The molecule has 0 aliphatic carbocycles. The number of aliphatic hydroxyl groups excluding tert-OH is 1. The van der Waals surface area contributed by atoms with Crippen LogP contribution in [0.2, 0.25) is 0 Å². The molecule has 0 rings (SSSR count). The van der Waals surface area contributed by atoms with E-state index in [2.05, 4.69) is 31.3 Å². The largest absolute Gasteiger partial charge is 0.472 e. The molecule has 3 N–H and O–H groups in total. The molecule has 0 saturated carbocycles. The van der Waals surface area contributed by atoms with Gasteiger partial charge < -0.3 is 20.1 Å². The molecule has 236 valence electrons. The molecule has 0 radical (unpaired) electrons. The number of nitrogens with one attached hydrogen (secondary N) is 1. The maximum Gasteiger partial charge on any atom is 0.472 e. The molecule has 0 bridgehead atoms. The third-order valence-corrected chi connectivity index (χ3v) is 7.43. The Bertz CT molecular complexity index is 689. The summed E-state index contributed by atoms with van der Waals surface area (Å²) in [5.41, 5.74) is 0. The Morgan fingerprint density at radius 1 is 0.750 bits per heavy atom. The number of amides is 1. The third kappa shape index (κ3) is 28.3. The summed E-state index contributed by atoms with van der Waals surface area (Å²) in [6.45, 7) is 3.43. The maximum absolute atomic E-state index is 11.9. The van der Waals surface area contributed by atoms with Crippen molar-refractivity contribution in [1.82, 2.24) is 5.32 Å². The Morgan fingerprint density at radius 2 is 1.30 bits per heavy atom. The van der Waals surface area contributed by atoms with E-state index in [1.165, 1.54) is 57.8 Å². The molecule has 0 aromatic carbocycles. The lowest BCUT2D eigenvalue weighted by atomic mass is 10.1. The second kappa shape index (κ2) is 27.9. The van der Waals surface area contributed by atoms with Crippen molar-refractivity contribution in [2.24, 2.45) is 0 Å². The fourth-order valence-electron chi connectivity index (χ4n) is 4.01. The summed E-state index contributed by atoms with van der Waals surface area (Å²) < 4.78 is 26.5. The van der Waals surface area contributed by atoms with E-state index in [0.717, 1.165) is 51.4 Å². The van der Waals surface area contributed by atoms with Gasteiger partial charge in [0.2, 0.25) is 5.91 Å². The first-order valence-electron chi connectivity index (χ1n) is 15.7. The van der Waals surface area contributed by atoms with Crippen molar-refractivity contribution in [3.05, 3.63) is 12.2 Å². The third-order valence-electron chi connectivity index (χ3n) is 6.45. The van der Waals surface area contributed by atoms with Crippen molar-refractivity contribution in [3.8, 4) is 0 Å². The molecule has 10 heteroatoms. The first-order chi connectivity index (χ1) is 19.3. The first-order valence-corrected chi connectivity index (χ1v) is 17.2. The number of allylic oxidation sites excluding steroid dienone is 2. The highest BCUT2D eigenvalue weighted by Gasteiger charge is 2.23. The van der Waals surface area contributed by atoms with Gasteiger partial charge >= 0.3 is 13.8 Å². The van der Waals surface area contributed by atoms with Crippen LogP contribution in [0.3, 0.4) is 0 Å². The van der Waals surface area contributed by atoms with Crippen LogP contribution in [-0.2, 0) is 27.9 Å². The predicted molar refractivity (Wildman–Crippen MR) is 160 cm³/mol. The van der Waals surface area contributed by atoms with Gasteiger partial charge in [0.25, 0.3) is 0 Å². The molecule has 0 fully saturated rings. The Labute approximate surface area is 243 Å². The van der Waals surface area contributed by atoms with E-state index < -0.39 is 26.5 Å². The molecule has 9 nitrogen and oxygen atoms in total. The van der Waals surface area contributed by atoms with Gasteiger partial charge in [-0.3, -0.25) is 18.6 Å². The summed E-state index contributed by atoms with van der Waals surface area (Å²) in [4.78, 5) is 33.4. The second-order valence-corrected chi connectivity index (χ2v) is 11.9. The Hall–Kier alpha value is -1.25. The average molecular weight is 592 g/mol. The van der Waals surface area contributed by atoms with Gasteiger partial charge in [-0.15, -0.1) is 0 Å². The van der Waals surface area contributed by atoms with Gasteiger partial charge in [-0.1, -0.05) is 103 Å². The molecule has 2 atom stereocenters. The molecule has 0 spiro atoms. The first kappa shape index (κ1) is 38.8. The predicted octanol–water partition coefficient (Wildman–Crippen LogP) is 7.15. The van der Waals surface area contributed by atoms with Gasteiger partial charge in [-0.05, 0) is 32.1 Å². The number of carbonyl (C=O) groups is 2. The van der Waals surface area contributed by atoms with Gasteiger partial charge in [0.05, 0.1) is 13.2 Å². The normalized spacial score (nSPS) is 13.8. The number of aliphatic hydroxyl groups is 1. The van der Waals surface area contributed by atoms with Crippen LogP contribution in [0.25, 0.3) is 0 Å². The van der Waals surface area contributed by atoms with E-state index in [4.69, 9.17) is 13.8 Å². The van der Waals surface area contributed by atoms with Gasteiger partial charge in [-0.2, -0.15) is 0 Å². The zero-order valence-corrected chi connectivity index (χ0v) is 26.2. The molecule has 0 heterocycles. The number of unbranched alkanes of at least 4 members (excludes halogenated alkanes) is 14. The van der Waals surface area contributed by atoms with Gasteiger partial charge in [0, 0.05) is 19.4 Å². The summed E-state index contributed by atoms with van der Waals surface area (Å²) in [6, 6.07) is 0. The zero-order chi connectivity index (χ0) is 29.7. The second-order valence-electron chi connectivity index (χ2n) is 10.4. The minimum absolute atomic E-state index is 0.0794. The van der Waals surface area contributed by atoms with Gasteiger partial charge in [-0.25, -0.2) is 4.57 Å². The van der Waals surface area contributed by atoms with E-state index in [-0.39, 0.29) is 32.1 Å². The summed E-state index contributed by atoms with van der Waals surface area (Å²) >= 11 is 0. The lowest BCUT2D eigenvalue weighted by Gasteiger charge is -2.15. The number of rotatable bonds is 29. The highest BCUT2D eigenvalue weighted by molar-refractivity contribution is 7.47. The van der Waals surface area contributed by atoms with Crippen LogP contribution >= 0.6 is 7.82 Å². The highest BCUT2D eigenvalue weighted by atomic mass is 31.2. The number of phosphoric acid groups is 1. The fraction of sp³-hybridized carbons (Fsp3) is 0.867. The molecular formula is C30H58NO8P. The van der Waals surface area contributed by atoms with Crippen molar-refractivity contribution in [1.29, 1.82) is 0 Å². The SMILES string of the molecule is CCCC/C=C\CCCCCCCC(=O)NCCOP(=O)(O)OCC(O)COC(=O)CCCCCCCCCC. The number of esters is 1. The van der Waals surface area contributed by atoms with Gasteiger partial charge in [0.1, 0.15) is 12.7 Å². The lowest BCUT2D eigenvalue weighted by Crippen LogP contribution is -2.27. The van der Waals surface area contributed by atoms with Crippen LogP contribution < -0.4 is 5.32 Å². The number of phosphoric ester groups is 1.